The lowest BCUT2D eigenvalue weighted by molar-refractivity contribution is -0.131. The van der Waals surface area contributed by atoms with E-state index in [0.717, 1.165) is 29.0 Å². The van der Waals surface area contributed by atoms with E-state index in [9.17, 15) is 4.79 Å². The van der Waals surface area contributed by atoms with Gasteiger partial charge in [0.15, 0.2) is 0 Å². The molecule has 0 radical (unpaired) electrons. The summed E-state index contributed by atoms with van der Waals surface area (Å²) in [6.07, 6.45) is 0. The van der Waals surface area contributed by atoms with E-state index in [1.807, 2.05) is 43.9 Å². The fourth-order valence-electron chi connectivity index (χ4n) is 1.87. The molecule has 0 saturated carbocycles. The van der Waals surface area contributed by atoms with E-state index < -0.39 is 0 Å². The van der Waals surface area contributed by atoms with Gasteiger partial charge >= 0.3 is 0 Å². The van der Waals surface area contributed by atoms with Gasteiger partial charge in [0.05, 0.1) is 11.6 Å². The summed E-state index contributed by atoms with van der Waals surface area (Å²) in [6.45, 7) is 7.29. The van der Waals surface area contributed by atoms with Crippen LogP contribution in [0.5, 0.6) is 5.75 Å². The highest BCUT2D eigenvalue weighted by Crippen LogP contribution is 2.28. The molecule has 19 heavy (non-hydrogen) atoms. The number of nitrogens with one attached hydrogen (secondary N) is 1. The number of nitrogens with zero attached hydrogens (tertiary/aromatic N) is 1. The lowest BCUT2D eigenvalue weighted by Crippen LogP contribution is -2.41. The van der Waals surface area contributed by atoms with Crippen LogP contribution in [0.2, 0.25) is 0 Å². The molecule has 4 nitrogen and oxygen atoms in total. The van der Waals surface area contributed by atoms with Crippen LogP contribution in [0.3, 0.4) is 0 Å². The lowest BCUT2D eigenvalue weighted by atomic mass is 10.2. The molecular weight excluding hydrogens is 308 g/mol. The Morgan fingerprint density at radius 1 is 1.42 bits per heavy atom. The second-order valence-electron chi connectivity index (χ2n) is 4.23. The van der Waals surface area contributed by atoms with Crippen molar-refractivity contribution in [2.75, 3.05) is 25.5 Å². The Hall–Kier alpha value is -1.23. The summed E-state index contributed by atoms with van der Waals surface area (Å²) >= 11 is 3.40. The maximum atomic E-state index is 12.2. The predicted octanol–water partition coefficient (Wildman–Crippen LogP) is 3.13. The molecule has 0 fully saturated rings. The molecule has 1 rings (SSSR count). The van der Waals surface area contributed by atoms with Gasteiger partial charge in [0.1, 0.15) is 11.8 Å². The van der Waals surface area contributed by atoms with E-state index in [1.54, 1.807) is 7.11 Å². The molecule has 0 aliphatic carbocycles. The van der Waals surface area contributed by atoms with Crippen LogP contribution in [0, 0.1) is 0 Å². The maximum Gasteiger partial charge on any atom is 0.244 e. The Morgan fingerprint density at radius 3 is 2.58 bits per heavy atom. The van der Waals surface area contributed by atoms with Crippen molar-refractivity contribution in [3.63, 3.8) is 0 Å². The minimum absolute atomic E-state index is 0.104. The van der Waals surface area contributed by atoms with Gasteiger partial charge in [-0.2, -0.15) is 0 Å². The topological polar surface area (TPSA) is 41.6 Å². The molecule has 0 spiro atoms. The number of halogens is 1. The molecule has 1 unspecified atom stereocenters. The van der Waals surface area contributed by atoms with Crippen LogP contribution in [0.4, 0.5) is 5.69 Å². The van der Waals surface area contributed by atoms with Gasteiger partial charge in [-0.15, -0.1) is 0 Å². The standard InChI is InChI=1S/C14H21BrN2O2/c1-5-17(6-2)14(18)10(3)16-11-7-8-12(15)13(9-11)19-4/h7-10,16H,5-6H2,1-4H3. The highest BCUT2D eigenvalue weighted by molar-refractivity contribution is 9.10. The molecule has 0 aliphatic heterocycles. The van der Waals surface area contributed by atoms with E-state index >= 15 is 0 Å². The van der Waals surface area contributed by atoms with Crippen LogP contribution < -0.4 is 10.1 Å². The van der Waals surface area contributed by atoms with Crippen LogP contribution in [0.15, 0.2) is 22.7 Å². The molecule has 1 aromatic carbocycles. The van der Waals surface area contributed by atoms with Crippen molar-refractivity contribution in [1.29, 1.82) is 0 Å². The van der Waals surface area contributed by atoms with Gasteiger partial charge in [0, 0.05) is 24.8 Å². The van der Waals surface area contributed by atoms with Crippen molar-refractivity contribution in [3.8, 4) is 5.75 Å². The van der Waals surface area contributed by atoms with Gasteiger partial charge in [-0.3, -0.25) is 4.79 Å². The number of hydrogen-bond acceptors (Lipinski definition) is 3. The molecule has 1 aromatic rings. The fourth-order valence-corrected chi connectivity index (χ4v) is 2.28. The number of ether oxygens (including phenoxy) is 1. The van der Waals surface area contributed by atoms with Crippen LogP contribution >= 0.6 is 15.9 Å². The highest BCUT2D eigenvalue weighted by atomic mass is 79.9. The lowest BCUT2D eigenvalue weighted by Gasteiger charge is -2.24. The van der Waals surface area contributed by atoms with Crippen LogP contribution in [-0.4, -0.2) is 37.0 Å². The third-order valence-corrected chi connectivity index (χ3v) is 3.63. The first-order chi connectivity index (χ1) is 9.03. The molecule has 0 heterocycles. The molecule has 1 atom stereocenters. The van der Waals surface area contributed by atoms with Crippen molar-refractivity contribution in [2.24, 2.45) is 0 Å². The van der Waals surface area contributed by atoms with Gasteiger partial charge in [-0.05, 0) is 48.8 Å². The first kappa shape index (κ1) is 15.8. The third-order valence-electron chi connectivity index (χ3n) is 2.98. The second-order valence-corrected chi connectivity index (χ2v) is 5.08. The molecule has 1 amide bonds. The minimum Gasteiger partial charge on any atom is -0.495 e. The summed E-state index contributed by atoms with van der Waals surface area (Å²) in [6, 6.07) is 5.43. The van der Waals surface area contributed by atoms with Gasteiger partial charge < -0.3 is 15.0 Å². The van der Waals surface area contributed by atoms with Crippen molar-refractivity contribution in [1.82, 2.24) is 4.90 Å². The number of amides is 1. The van der Waals surface area contributed by atoms with Crippen molar-refractivity contribution < 1.29 is 9.53 Å². The normalized spacial score (nSPS) is 11.8. The zero-order valence-corrected chi connectivity index (χ0v) is 13.5. The quantitative estimate of drug-likeness (QED) is 0.872. The zero-order valence-electron chi connectivity index (χ0n) is 11.9. The van der Waals surface area contributed by atoms with Crippen molar-refractivity contribution in [3.05, 3.63) is 22.7 Å². The Morgan fingerprint density at radius 2 is 2.05 bits per heavy atom. The van der Waals surface area contributed by atoms with Crippen LogP contribution in [0.1, 0.15) is 20.8 Å². The number of rotatable bonds is 6. The smallest absolute Gasteiger partial charge is 0.244 e. The monoisotopic (exact) mass is 328 g/mol. The zero-order chi connectivity index (χ0) is 14.4. The summed E-state index contributed by atoms with van der Waals surface area (Å²) in [7, 11) is 1.62. The molecule has 0 bridgehead atoms. The average Bonchev–Trinajstić information content (AvgIpc) is 2.42. The van der Waals surface area contributed by atoms with Gasteiger partial charge in [-0.1, -0.05) is 0 Å². The van der Waals surface area contributed by atoms with E-state index in [0.29, 0.717) is 0 Å². The Labute approximate surface area is 123 Å². The van der Waals surface area contributed by atoms with Gasteiger partial charge in [0.2, 0.25) is 5.91 Å². The molecule has 0 aliphatic rings. The maximum absolute atomic E-state index is 12.2. The summed E-state index contributed by atoms with van der Waals surface area (Å²) < 4.78 is 6.13. The summed E-state index contributed by atoms with van der Waals surface area (Å²) in [5.74, 6) is 0.847. The van der Waals surface area contributed by atoms with Gasteiger partial charge in [0.25, 0.3) is 0 Å². The Kier molecular flexibility index (Phi) is 6.15. The van der Waals surface area contributed by atoms with Crippen LogP contribution in [0.25, 0.3) is 0 Å². The SMILES string of the molecule is CCN(CC)C(=O)C(C)Nc1ccc(Br)c(OC)c1. The predicted molar refractivity (Wildman–Crippen MR) is 81.7 cm³/mol. The molecule has 5 heteroatoms. The first-order valence-electron chi connectivity index (χ1n) is 6.42. The molecule has 106 valence electrons. The van der Waals surface area contributed by atoms with Crippen LogP contribution in [-0.2, 0) is 4.79 Å². The Bertz CT molecular complexity index is 433. The number of likely N-dealkylation sites (N-methyl/N-ethyl adjacent to an activating group) is 1. The molecule has 1 N–H and O–H groups in total. The number of hydrogen-bond donors (Lipinski definition) is 1. The number of anilines is 1. The van der Waals surface area contributed by atoms with E-state index in [2.05, 4.69) is 21.2 Å². The van der Waals surface area contributed by atoms with E-state index in [1.165, 1.54) is 0 Å². The number of carbonyl (C=O) groups is 1. The second kappa shape index (κ2) is 7.38. The molecular formula is C14H21BrN2O2. The first-order valence-corrected chi connectivity index (χ1v) is 7.21. The number of benzene rings is 1. The largest absolute Gasteiger partial charge is 0.495 e. The van der Waals surface area contributed by atoms with E-state index in [4.69, 9.17) is 4.74 Å². The van der Waals surface area contributed by atoms with Gasteiger partial charge in [-0.25, -0.2) is 0 Å². The van der Waals surface area contributed by atoms with Crippen molar-refractivity contribution in [2.45, 2.75) is 26.8 Å². The van der Waals surface area contributed by atoms with E-state index in [-0.39, 0.29) is 11.9 Å². The molecule has 0 aromatic heterocycles. The number of methoxy groups -OCH3 is 1. The van der Waals surface area contributed by atoms with Crippen molar-refractivity contribution >= 4 is 27.5 Å². The average molecular weight is 329 g/mol. The number of carbonyl (C=O) groups excluding carboxylic acids is 1. The summed E-state index contributed by atoms with van der Waals surface area (Å²) in [5, 5.41) is 3.20. The minimum atomic E-state index is -0.259. The summed E-state index contributed by atoms with van der Waals surface area (Å²) in [5.41, 5.74) is 0.869. The Balaban J connectivity index is 2.76. The fraction of sp³-hybridized carbons (Fsp3) is 0.500. The summed E-state index contributed by atoms with van der Waals surface area (Å²) in [4.78, 5) is 14.0. The molecule has 0 saturated heterocycles. The third kappa shape index (κ3) is 4.13. The highest BCUT2D eigenvalue weighted by Gasteiger charge is 2.18.